The van der Waals surface area contributed by atoms with Gasteiger partial charge >= 0.3 is 0 Å². The predicted molar refractivity (Wildman–Crippen MR) is 143 cm³/mol. The van der Waals surface area contributed by atoms with Gasteiger partial charge in [-0.1, -0.05) is 19.6 Å². The van der Waals surface area contributed by atoms with E-state index in [-0.39, 0.29) is 23.4 Å². The second-order valence-corrected chi connectivity index (χ2v) is 9.64. The third-order valence-corrected chi connectivity index (χ3v) is 7.25. The van der Waals surface area contributed by atoms with Crippen molar-refractivity contribution in [1.29, 1.82) is 0 Å². The molecule has 1 aromatic heterocycles. The minimum atomic E-state index is -0.967. The molecule has 2 fully saturated rings. The molecular formula is C28H34F2N6O2. The Hall–Kier alpha value is -3.63. The summed E-state index contributed by atoms with van der Waals surface area (Å²) in [6.07, 6.45) is 8.70. The van der Waals surface area contributed by atoms with Gasteiger partial charge in [0.15, 0.2) is 0 Å². The highest BCUT2D eigenvalue weighted by molar-refractivity contribution is 5.96. The highest BCUT2D eigenvalue weighted by Gasteiger charge is 2.34. The lowest BCUT2D eigenvalue weighted by Crippen LogP contribution is -2.53. The first-order chi connectivity index (χ1) is 18.2. The van der Waals surface area contributed by atoms with Gasteiger partial charge in [-0.15, -0.1) is 0 Å². The van der Waals surface area contributed by atoms with Crippen LogP contribution in [0.4, 0.5) is 8.78 Å². The Morgan fingerprint density at radius 2 is 1.82 bits per heavy atom. The number of benzene rings is 1. The van der Waals surface area contributed by atoms with Crippen molar-refractivity contribution in [1.82, 2.24) is 19.8 Å². The molecule has 5 N–H and O–H groups in total. The number of carbonyl (C=O) groups excluding carboxylic acids is 1. The quantitative estimate of drug-likeness (QED) is 0.476. The number of carbonyl (C=O) groups is 1. The van der Waals surface area contributed by atoms with Crippen molar-refractivity contribution in [2.75, 3.05) is 26.2 Å². The molecule has 10 heteroatoms. The molecule has 1 saturated heterocycles. The molecule has 1 saturated carbocycles. The van der Waals surface area contributed by atoms with E-state index in [2.05, 4.69) is 21.4 Å². The van der Waals surface area contributed by atoms with Crippen LogP contribution in [-0.2, 0) is 6.42 Å². The van der Waals surface area contributed by atoms with Crippen molar-refractivity contribution in [3.63, 3.8) is 0 Å². The second kappa shape index (κ2) is 11.8. The minimum Gasteiger partial charge on any atom is -0.404 e. The third kappa shape index (κ3) is 5.61. The Morgan fingerprint density at radius 1 is 1.13 bits per heavy atom. The molecular weight excluding hydrogens is 490 g/mol. The summed E-state index contributed by atoms with van der Waals surface area (Å²) in [6, 6.07) is 2.32. The molecule has 0 bridgehead atoms. The van der Waals surface area contributed by atoms with Crippen LogP contribution in [0, 0.1) is 11.6 Å². The molecule has 2 aromatic rings. The lowest BCUT2D eigenvalue weighted by atomic mass is 9.95. The number of halogens is 2. The van der Waals surface area contributed by atoms with Crippen molar-refractivity contribution in [2.45, 2.75) is 44.8 Å². The summed E-state index contributed by atoms with van der Waals surface area (Å²) < 4.78 is 30.7. The number of rotatable bonds is 7. The Kier molecular flexibility index (Phi) is 8.53. The van der Waals surface area contributed by atoms with Crippen LogP contribution in [0.3, 0.4) is 0 Å². The van der Waals surface area contributed by atoms with Gasteiger partial charge in [0.2, 0.25) is 0 Å². The van der Waals surface area contributed by atoms with E-state index in [1.54, 1.807) is 12.2 Å². The maximum absolute atomic E-state index is 15.4. The average Bonchev–Trinajstić information content (AvgIpc) is 3.34. The van der Waals surface area contributed by atoms with Crippen LogP contribution in [-0.4, -0.2) is 69.1 Å². The first kappa shape index (κ1) is 27.4. The number of aliphatic hydroxyl groups excluding tert-OH is 1. The van der Waals surface area contributed by atoms with Crippen LogP contribution < -0.4 is 11.5 Å². The molecule has 1 aliphatic carbocycles. The van der Waals surface area contributed by atoms with E-state index in [1.807, 2.05) is 6.92 Å². The topological polar surface area (TPSA) is 122 Å². The number of aryl methyl sites for hydroxylation is 1. The van der Waals surface area contributed by atoms with E-state index < -0.39 is 23.1 Å². The summed E-state index contributed by atoms with van der Waals surface area (Å²) in [5.74, 6) is -2.63. The van der Waals surface area contributed by atoms with Crippen molar-refractivity contribution >= 4 is 11.5 Å². The maximum atomic E-state index is 15.4. The van der Waals surface area contributed by atoms with Crippen LogP contribution in [0.15, 0.2) is 49.1 Å². The van der Waals surface area contributed by atoms with E-state index in [9.17, 15) is 9.90 Å². The summed E-state index contributed by atoms with van der Waals surface area (Å²) in [5.41, 5.74) is 13.3. The van der Waals surface area contributed by atoms with Crippen LogP contribution in [0.5, 0.6) is 0 Å². The van der Waals surface area contributed by atoms with E-state index >= 15 is 8.78 Å². The van der Waals surface area contributed by atoms with Crippen LogP contribution in [0.25, 0.3) is 16.8 Å². The summed E-state index contributed by atoms with van der Waals surface area (Å²) in [6.45, 7) is 7.30. The smallest absolute Gasteiger partial charge is 0.259 e. The molecule has 1 aromatic carbocycles. The van der Waals surface area contributed by atoms with Crippen molar-refractivity contribution in [3.05, 3.63) is 77.5 Å². The predicted octanol–water partition coefficient (Wildman–Crippen LogP) is 2.98. The van der Waals surface area contributed by atoms with Crippen LogP contribution in [0.2, 0.25) is 0 Å². The summed E-state index contributed by atoms with van der Waals surface area (Å²) in [4.78, 5) is 25.4. The largest absolute Gasteiger partial charge is 0.404 e. The summed E-state index contributed by atoms with van der Waals surface area (Å²) in [7, 11) is 0. The molecule has 2 heterocycles. The van der Waals surface area contributed by atoms with Gasteiger partial charge in [-0.05, 0) is 43.9 Å². The zero-order valence-electron chi connectivity index (χ0n) is 21.5. The van der Waals surface area contributed by atoms with Gasteiger partial charge in [0.1, 0.15) is 23.5 Å². The Bertz CT molecular complexity index is 1250. The standard InChI is InChI=1S/C28H34F2N6O2/c1-3-22-25(18(15-31)8-7-17(2)32)27(34-16-33-22)19-13-20(29)26(21(30)14-19)28(38)36-11-9-35(10-12-36)23-5-4-6-24(23)37/h7-8,13-16,23-24,37H,2-6,9-12,31-32H2,1H3/b8-7-,18-15+. The van der Waals surface area contributed by atoms with Gasteiger partial charge in [-0.25, -0.2) is 18.7 Å². The molecule has 4 rings (SSSR count). The second-order valence-electron chi connectivity index (χ2n) is 9.64. The zero-order valence-corrected chi connectivity index (χ0v) is 21.5. The van der Waals surface area contributed by atoms with Crippen LogP contribution in [0.1, 0.15) is 47.8 Å². The highest BCUT2D eigenvalue weighted by atomic mass is 19.1. The van der Waals surface area contributed by atoms with Gasteiger partial charge in [-0.3, -0.25) is 9.69 Å². The van der Waals surface area contributed by atoms with Crippen molar-refractivity contribution in [3.8, 4) is 11.3 Å². The molecule has 2 aliphatic rings. The molecule has 202 valence electrons. The lowest BCUT2D eigenvalue weighted by molar-refractivity contribution is 0.0311. The molecule has 0 radical (unpaired) electrons. The van der Waals surface area contributed by atoms with Gasteiger partial charge < -0.3 is 21.5 Å². The molecule has 8 nitrogen and oxygen atoms in total. The molecule has 0 spiro atoms. The molecule has 2 unspecified atom stereocenters. The molecule has 1 amide bonds. The van der Waals surface area contributed by atoms with Crippen molar-refractivity contribution in [2.24, 2.45) is 11.5 Å². The zero-order chi connectivity index (χ0) is 27.4. The summed E-state index contributed by atoms with van der Waals surface area (Å²) >= 11 is 0. The Balaban J connectivity index is 1.62. The van der Waals surface area contributed by atoms with Gasteiger partial charge in [0.25, 0.3) is 5.91 Å². The SMILES string of the molecule is C=C(N)/C=C\C(=C/N)c1c(CC)ncnc1-c1cc(F)c(C(=O)N2CCN(C3CCCC3O)CC2)c(F)c1. The number of allylic oxidation sites excluding steroid dienone is 3. The fraction of sp³-hybridized carbons (Fsp3) is 0.393. The molecule has 1 aliphatic heterocycles. The lowest BCUT2D eigenvalue weighted by Gasteiger charge is -2.39. The fourth-order valence-electron chi connectivity index (χ4n) is 5.31. The number of hydrogen-bond acceptors (Lipinski definition) is 7. The number of amides is 1. The minimum absolute atomic E-state index is 0.0836. The van der Waals surface area contributed by atoms with E-state index in [4.69, 9.17) is 11.5 Å². The van der Waals surface area contributed by atoms with Crippen LogP contribution >= 0.6 is 0 Å². The van der Waals surface area contributed by atoms with Gasteiger partial charge in [-0.2, -0.15) is 0 Å². The van der Waals surface area contributed by atoms with E-state index in [0.29, 0.717) is 55.1 Å². The number of piperazine rings is 1. The number of aromatic nitrogens is 2. The van der Waals surface area contributed by atoms with E-state index in [1.165, 1.54) is 17.4 Å². The number of aliphatic hydroxyl groups is 1. The number of hydrogen-bond donors (Lipinski definition) is 3. The first-order valence-corrected chi connectivity index (χ1v) is 12.8. The maximum Gasteiger partial charge on any atom is 0.259 e. The monoisotopic (exact) mass is 524 g/mol. The number of nitrogens with zero attached hydrogens (tertiary/aromatic N) is 4. The Morgan fingerprint density at radius 3 is 2.37 bits per heavy atom. The van der Waals surface area contributed by atoms with E-state index in [0.717, 1.165) is 31.4 Å². The summed E-state index contributed by atoms with van der Waals surface area (Å²) in [5, 5.41) is 10.2. The highest BCUT2D eigenvalue weighted by Crippen LogP contribution is 2.32. The molecule has 2 atom stereocenters. The third-order valence-electron chi connectivity index (χ3n) is 7.25. The van der Waals surface area contributed by atoms with Gasteiger partial charge in [0.05, 0.1) is 17.5 Å². The van der Waals surface area contributed by atoms with Gasteiger partial charge in [0, 0.05) is 60.8 Å². The molecule has 38 heavy (non-hydrogen) atoms. The normalized spacial score (nSPS) is 20.8. The first-order valence-electron chi connectivity index (χ1n) is 12.8. The average molecular weight is 525 g/mol. The number of nitrogens with two attached hydrogens (primary N) is 2. The van der Waals surface area contributed by atoms with Crippen molar-refractivity contribution < 1.29 is 18.7 Å². The Labute approximate surface area is 221 Å². The fourth-order valence-corrected chi connectivity index (χ4v) is 5.31.